The third-order valence-electron chi connectivity index (χ3n) is 5.33. The number of aromatic nitrogens is 5. The van der Waals surface area contributed by atoms with Crippen molar-refractivity contribution in [1.82, 2.24) is 24.1 Å². The minimum Gasteiger partial charge on any atom is -0.356 e. The molecule has 32 heavy (non-hydrogen) atoms. The highest BCUT2D eigenvalue weighted by atomic mass is 19.1. The first kappa shape index (κ1) is 19.7. The first-order chi connectivity index (χ1) is 15.3. The van der Waals surface area contributed by atoms with Crippen LogP contribution in [0.5, 0.6) is 0 Å². The SMILES string of the molecule is Cn1c(Cn2ccc3c(C(=O)c4c(F)cc(F)cc4F)c[nH]c3c2=O)nc2cccnc21. The van der Waals surface area contributed by atoms with Crippen molar-refractivity contribution >= 4 is 27.9 Å². The van der Waals surface area contributed by atoms with E-state index in [-0.39, 0.29) is 23.0 Å². The van der Waals surface area contributed by atoms with Gasteiger partial charge < -0.3 is 14.1 Å². The molecule has 0 aliphatic carbocycles. The topological polar surface area (TPSA) is 85.6 Å². The third-order valence-corrected chi connectivity index (χ3v) is 5.33. The Morgan fingerprint density at radius 1 is 1.16 bits per heavy atom. The predicted molar refractivity (Wildman–Crippen MR) is 110 cm³/mol. The molecule has 1 aromatic carbocycles. The Hall–Kier alpha value is -4.21. The van der Waals surface area contributed by atoms with Crippen LogP contribution in [-0.4, -0.2) is 29.9 Å². The van der Waals surface area contributed by atoms with Gasteiger partial charge in [-0.25, -0.2) is 23.1 Å². The van der Waals surface area contributed by atoms with Crippen LogP contribution in [0.15, 0.2) is 53.7 Å². The smallest absolute Gasteiger partial charge is 0.275 e. The summed E-state index contributed by atoms with van der Waals surface area (Å²) in [5, 5.41) is 0.200. The summed E-state index contributed by atoms with van der Waals surface area (Å²) in [6.45, 7) is 0.144. The highest BCUT2D eigenvalue weighted by Crippen LogP contribution is 2.23. The zero-order valence-electron chi connectivity index (χ0n) is 16.6. The number of rotatable bonds is 4. The maximum atomic E-state index is 14.1. The fourth-order valence-electron chi connectivity index (χ4n) is 3.73. The molecule has 0 radical (unpaired) electrons. The molecule has 0 spiro atoms. The molecule has 0 amide bonds. The number of H-pyrrole nitrogens is 1. The Kier molecular flexibility index (Phi) is 4.43. The van der Waals surface area contributed by atoms with E-state index in [1.807, 2.05) is 6.07 Å². The summed E-state index contributed by atoms with van der Waals surface area (Å²) in [6, 6.07) is 5.95. The van der Waals surface area contributed by atoms with Gasteiger partial charge in [0.2, 0.25) is 5.78 Å². The first-order valence-corrected chi connectivity index (χ1v) is 9.51. The highest BCUT2D eigenvalue weighted by molar-refractivity contribution is 6.16. The van der Waals surface area contributed by atoms with E-state index in [0.717, 1.165) is 0 Å². The van der Waals surface area contributed by atoms with Crippen LogP contribution in [-0.2, 0) is 13.6 Å². The lowest BCUT2D eigenvalue weighted by atomic mass is 10.0. The van der Waals surface area contributed by atoms with Gasteiger partial charge in [-0.05, 0) is 18.2 Å². The van der Waals surface area contributed by atoms with E-state index in [2.05, 4.69) is 15.0 Å². The Morgan fingerprint density at radius 3 is 2.62 bits per heavy atom. The van der Waals surface area contributed by atoms with Gasteiger partial charge in [0.1, 0.15) is 34.3 Å². The molecule has 5 rings (SSSR count). The van der Waals surface area contributed by atoms with E-state index >= 15 is 0 Å². The van der Waals surface area contributed by atoms with E-state index in [1.54, 1.807) is 23.9 Å². The van der Waals surface area contributed by atoms with Crippen molar-refractivity contribution in [3.8, 4) is 0 Å². The minimum atomic E-state index is -1.31. The van der Waals surface area contributed by atoms with Crippen molar-refractivity contribution in [3.63, 3.8) is 0 Å². The zero-order chi connectivity index (χ0) is 22.6. The Morgan fingerprint density at radius 2 is 1.91 bits per heavy atom. The number of aryl methyl sites for hydroxylation is 1. The first-order valence-electron chi connectivity index (χ1n) is 9.51. The number of fused-ring (bicyclic) bond motifs is 2. The number of halogens is 3. The van der Waals surface area contributed by atoms with E-state index in [9.17, 15) is 22.8 Å². The molecular formula is C22H14F3N5O2. The van der Waals surface area contributed by atoms with Gasteiger partial charge >= 0.3 is 0 Å². The van der Waals surface area contributed by atoms with Gasteiger partial charge in [-0.2, -0.15) is 0 Å². The summed E-state index contributed by atoms with van der Waals surface area (Å²) in [5.74, 6) is -4.16. The average Bonchev–Trinajstić information content (AvgIpc) is 3.31. The van der Waals surface area contributed by atoms with Crippen LogP contribution in [0.4, 0.5) is 13.2 Å². The molecule has 0 saturated heterocycles. The molecule has 5 aromatic rings. The van der Waals surface area contributed by atoms with Gasteiger partial charge in [-0.3, -0.25) is 9.59 Å². The van der Waals surface area contributed by atoms with E-state index in [4.69, 9.17) is 0 Å². The highest BCUT2D eigenvalue weighted by Gasteiger charge is 2.24. The number of carbonyl (C=O) groups excluding carboxylic acids is 1. The molecule has 4 aromatic heterocycles. The van der Waals surface area contributed by atoms with Crippen LogP contribution in [0.25, 0.3) is 22.1 Å². The van der Waals surface area contributed by atoms with Crippen molar-refractivity contribution in [2.75, 3.05) is 0 Å². The summed E-state index contributed by atoms with van der Waals surface area (Å²) >= 11 is 0. The molecule has 1 N–H and O–H groups in total. The molecule has 4 heterocycles. The van der Waals surface area contributed by atoms with Gasteiger partial charge in [0, 0.05) is 48.7 Å². The normalized spacial score (nSPS) is 11.5. The molecule has 160 valence electrons. The van der Waals surface area contributed by atoms with Crippen molar-refractivity contribution in [1.29, 1.82) is 0 Å². The van der Waals surface area contributed by atoms with Crippen molar-refractivity contribution < 1.29 is 18.0 Å². The summed E-state index contributed by atoms with van der Waals surface area (Å²) in [6.07, 6.45) is 4.33. The molecule has 0 bridgehead atoms. The number of ketones is 1. The number of benzene rings is 1. The zero-order valence-corrected chi connectivity index (χ0v) is 16.6. The lowest BCUT2D eigenvalue weighted by Crippen LogP contribution is -2.21. The molecule has 0 unspecified atom stereocenters. The second-order valence-electron chi connectivity index (χ2n) is 7.25. The van der Waals surface area contributed by atoms with Crippen molar-refractivity contribution in [2.45, 2.75) is 6.54 Å². The molecular weight excluding hydrogens is 423 g/mol. The van der Waals surface area contributed by atoms with Gasteiger partial charge in [-0.15, -0.1) is 0 Å². The van der Waals surface area contributed by atoms with Gasteiger partial charge in [0.15, 0.2) is 5.65 Å². The fraction of sp³-hybridized carbons (Fsp3) is 0.0909. The Labute approximate surface area is 177 Å². The lowest BCUT2D eigenvalue weighted by Gasteiger charge is -2.07. The number of hydrogen-bond donors (Lipinski definition) is 1. The minimum absolute atomic E-state index is 0.0932. The Bertz CT molecular complexity index is 1580. The number of imidazole rings is 1. The van der Waals surface area contributed by atoms with Crippen LogP contribution >= 0.6 is 0 Å². The standard InChI is InChI=1S/C22H14F3N5O2/c1-29-17(28-16-3-2-5-26-21(16)29)10-30-6-4-12-13(9-27-19(12)22(30)32)20(31)18-14(24)7-11(23)8-15(18)25/h2-9,27H,10H2,1H3. The average molecular weight is 437 g/mol. The fourth-order valence-corrected chi connectivity index (χ4v) is 3.73. The van der Waals surface area contributed by atoms with Crippen molar-refractivity contribution in [3.05, 3.63) is 93.7 Å². The largest absolute Gasteiger partial charge is 0.356 e. The van der Waals surface area contributed by atoms with Crippen LogP contribution in [0, 0.1) is 17.5 Å². The monoisotopic (exact) mass is 437 g/mol. The molecule has 10 heteroatoms. The molecule has 7 nitrogen and oxygen atoms in total. The van der Waals surface area contributed by atoms with Gasteiger partial charge in [-0.1, -0.05) is 0 Å². The molecule has 0 saturated carbocycles. The number of nitrogens with zero attached hydrogens (tertiary/aromatic N) is 4. The molecule has 0 aliphatic heterocycles. The predicted octanol–water partition coefficient (Wildman–Crippen LogP) is 3.31. The van der Waals surface area contributed by atoms with Gasteiger partial charge in [0.25, 0.3) is 5.56 Å². The second kappa shape index (κ2) is 7.19. The van der Waals surface area contributed by atoms with Crippen molar-refractivity contribution in [2.24, 2.45) is 7.05 Å². The van der Waals surface area contributed by atoms with E-state index < -0.39 is 34.4 Å². The van der Waals surface area contributed by atoms with Crippen LogP contribution in [0.2, 0.25) is 0 Å². The van der Waals surface area contributed by atoms with Gasteiger partial charge in [0.05, 0.1) is 12.1 Å². The third kappa shape index (κ3) is 2.99. The molecule has 0 aliphatic rings. The summed E-state index contributed by atoms with van der Waals surface area (Å²) in [4.78, 5) is 37.2. The second-order valence-corrected chi connectivity index (χ2v) is 7.25. The van der Waals surface area contributed by atoms with E-state index in [1.165, 1.54) is 23.0 Å². The number of aromatic amines is 1. The van der Waals surface area contributed by atoms with E-state index in [0.29, 0.717) is 29.1 Å². The number of hydrogen-bond acceptors (Lipinski definition) is 4. The quantitative estimate of drug-likeness (QED) is 0.437. The maximum Gasteiger partial charge on any atom is 0.275 e. The number of pyridine rings is 2. The summed E-state index contributed by atoms with van der Waals surface area (Å²) < 4.78 is 44.5. The maximum absolute atomic E-state index is 14.1. The van der Waals surface area contributed by atoms with Crippen LogP contribution < -0.4 is 5.56 Å². The summed E-state index contributed by atoms with van der Waals surface area (Å²) in [7, 11) is 1.79. The number of carbonyl (C=O) groups is 1. The Balaban J connectivity index is 1.56. The van der Waals surface area contributed by atoms with Crippen LogP contribution in [0.1, 0.15) is 21.7 Å². The summed E-state index contributed by atoms with van der Waals surface area (Å²) in [5.41, 5.74) is 0.0320. The molecule has 0 fully saturated rings. The lowest BCUT2D eigenvalue weighted by molar-refractivity contribution is 0.103. The van der Waals surface area contributed by atoms with Crippen LogP contribution in [0.3, 0.4) is 0 Å². The molecule has 0 atom stereocenters. The number of nitrogens with one attached hydrogen (secondary N) is 1.